The van der Waals surface area contributed by atoms with Crippen molar-refractivity contribution >= 4 is 5.91 Å². The van der Waals surface area contributed by atoms with Crippen LogP contribution in [-0.2, 0) is 0 Å². The molecule has 0 saturated heterocycles. The van der Waals surface area contributed by atoms with E-state index < -0.39 is 17.3 Å². The Morgan fingerprint density at radius 1 is 1.53 bits per heavy atom. The molecule has 0 fully saturated rings. The second-order valence-corrected chi connectivity index (χ2v) is 4.63. The average Bonchev–Trinajstić information content (AvgIpc) is 2.15. The molecule has 0 aliphatic heterocycles. The van der Waals surface area contributed by atoms with Crippen molar-refractivity contribution in [2.45, 2.75) is 32.4 Å². The number of rotatable bonds is 3. The van der Waals surface area contributed by atoms with E-state index in [1.165, 1.54) is 12.1 Å². The first kappa shape index (κ1) is 13.4. The molecule has 0 spiro atoms. The van der Waals surface area contributed by atoms with Crippen LogP contribution in [0.15, 0.2) is 18.2 Å². The maximum atomic E-state index is 13.4. The highest BCUT2D eigenvalue weighted by Gasteiger charge is 2.26. The van der Waals surface area contributed by atoms with Crippen molar-refractivity contribution in [3.05, 3.63) is 29.6 Å². The molecule has 0 aliphatic carbocycles. The van der Waals surface area contributed by atoms with Crippen LogP contribution in [0.4, 0.5) is 4.39 Å². The average molecular weight is 240 g/mol. The molecule has 0 radical (unpaired) electrons. The molecule has 0 bridgehead atoms. The quantitative estimate of drug-likeness (QED) is 0.747. The van der Waals surface area contributed by atoms with E-state index in [1.54, 1.807) is 20.8 Å². The van der Waals surface area contributed by atoms with Gasteiger partial charge in [-0.1, -0.05) is 0 Å². The summed E-state index contributed by atoms with van der Waals surface area (Å²) in [6.07, 6.45) is 0. The Bertz CT molecular complexity index is 431. The van der Waals surface area contributed by atoms with Gasteiger partial charge < -0.3 is 16.2 Å². The number of hydrogen-bond donors (Lipinski definition) is 3. The van der Waals surface area contributed by atoms with E-state index >= 15 is 0 Å². The fraction of sp³-hybridized carbons (Fsp3) is 0.417. The SMILES string of the molecule is CC(N)C(C)(C)NC(=O)c1ccc(O)cc1F. The molecule has 1 atom stereocenters. The van der Waals surface area contributed by atoms with Crippen LogP contribution in [0.1, 0.15) is 31.1 Å². The number of nitrogens with two attached hydrogens (primary N) is 1. The van der Waals surface area contributed by atoms with Gasteiger partial charge in [-0.3, -0.25) is 4.79 Å². The van der Waals surface area contributed by atoms with Gasteiger partial charge in [0, 0.05) is 17.6 Å². The van der Waals surface area contributed by atoms with Gasteiger partial charge in [-0.15, -0.1) is 0 Å². The summed E-state index contributed by atoms with van der Waals surface area (Å²) >= 11 is 0. The highest BCUT2D eigenvalue weighted by molar-refractivity contribution is 5.95. The molecular formula is C12H17FN2O2. The van der Waals surface area contributed by atoms with Crippen LogP contribution in [0.2, 0.25) is 0 Å². The standard InChI is InChI=1S/C12H17FN2O2/c1-7(14)12(2,3)15-11(17)9-5-4-8(16)6-10(9)13/h4-7,16H,14H2,1-3H3,(H,15,17). The van der Waals surface area contributed by atoms with E-state index in [9.17, 15) is 9.18 Å². The van der Waals surface area contributed by atoms with Crippen LogP contribution in [0.25, 0.3) is 0 Å². The van der Waals surface area contributed by atoms with Crippen molar-refractivity contribution < 1.29 is 14.3 Å². The molecule has 94 valence electrons. The van der Waals surface area contributed by atoms with Crippen LogP contribution in [-0.4, -0.2) is 22.6 Å². The van der Waals surface area contributed by atoms with Gasteiger partial charge in [0.15, 0.2) is 0 Å². The number of phenolic OH excluding ortho intramolecular Hbond substituents is 1. The Morgan fingerprint density at radius 2 is 2.12 bits per heavy atom. The lowest BCUT2D eigenvalue weighted by atomic mass is 9.96. The molecule has 5 heteroatoms. The third-order valence-corrected chi connectivity index (χ3v) is 2.77. The largest absolute Gasteiger partial charge is 0.508 e. The van der Waals surface area contributed by atoms with Crippen molar-refractivity contribution in [3.8, 4) is 5.75 Å². The smallest absolute Gasteiger partial charge is 0.254 e. The Kier molecular flexibility index (Phi) is 3.72. The Morgan fingerprint density at radius 3 is 2.59 bits per heavy atom. The van der Waals surface area contributed by atoms with Crippen LogP contribution in [0, 0.1) is 5.82 Å². The summed E-state index contributed by atoms with van der Waals surface area (Å²) in [4.78, 5) is 11.8. The summed E-state index contributed by atoms with van der Waals surface area (Å²) in [6.45, 7) is 5.27. The lowest BCUT2D eigenvalue weighted by molar-refractivity contribution is 0.0899. The van der Waals surface area contributed by atoms with E-state index in [-0.39, 0.29) is 17.4 Å². The zero-order valence-corrected chi connectivity index (χ0v) is 10.1. The van der Waals surface area contributed by atoms with Gasteiger partial charge in [0.1, 0.15) is 11.6 Å². The lowest BCUT2D eigenvalue weighted by Gasteiger charge is -2.30. The predicted molar refractivity (Wildman–Crippen MR) is 63.3 cm³/mol. The number of carbonyl (C=O) groups excluding carboxylic acids is 1. The van der Waals surface area contributed by atoms with E-state index in [2.05, 4.69) is 5.32 Å². The van der Waals surface area contributed by atoms with Gasteiger partial charge in [-0.05, 0) is 32.9 Å². The zero-order chi connectivity index (χ0) is 13.2. The monoisotopic (exact) mass is 240 g/mol. The fourth-order valence-electron chi connectivity index (χ4n) is 1.16. The van der Waals surface area contributed by atoms with E-state index in [0.717, 1.165) is 6.07 Å². The Labute approximate surface area is 99.6 Å². The van der Waals surface area contributed by atoms with Crippen molar-refractivity contribution in [1.29, 1.82) is 0 Å². The van der Waals surface area contributed by atoms with Crippen LogP contribution in [0.5, 0.6) is 5.75 Å². The third kappa shape index (κ3) is 3.17. The number of aromatic hydroxyl groups is 1. The van der Waals surface area contributed by atoms with Crippen LogP contribution < -0.4 is 11.1 Å². The zero-order valence-electron chi connectivity index (χ0n) is 10.1. The van der Waals surface area contributed by atoms with Crippen molar-refractivity contribution in [2.75, 3.05) is 0 Å². The molecule has 0 heterocycles. The molecule has 4 nitrogen and oxygen atoms in total. The molecule has 17 heavy (non-hydrogen) atoms. The first-order chi connectivity index (χ1) is 7.74. The number of phenols is 1. The van der Waals surface area contributed by atoms with E-state index in [1.807, 2.05) is 0 Å². The van der Waals surface area contributed by atoms with Crippen molar-refractivity contribution in [3.63, 3.8) is 0 Å². The topological polar surface area (TPSA) is 75.3 Å². The third-order valence-electron chi connectivity index (χ3n) is 2.77. The number of halogens is 1. The summed E-state index contributed by atoms with van der Waals surface area (Å²) in [5, 5.41) is 11.7. The first-order valence-corrected chi connectivity index (χ1v) is 5.30. The molecule has 1 aromatic carbocycles. The minimum Gasteiger partial charge on any atom is -0.508 e. The van der Waals surface area contributed by atoms with Crippen LogP contribution in [0.3, 0.4) is 0 Å². The second-order valence-electron chi connectivity index (χ2n) is 4.63. The number of nitrogens with one attached hydrogen (secondary N) is 1. The maximum Gasteiger partial charge on any atom is 0.254 e. The second kappa shape index (κ2) is 4.71. The molecule has 1 aromatic rings. The molecule has 1 rings (SSSR count). The predicted octanol–water partition coefficient (Wildman–Crippen LogP) is 1.39. The molecule has 1 amide bonds. The normalized spacial score (nSPS) is 13.2. The first-order valence-electron chi connectivity index (χ1n) is 5.30. The summed E-state index contributed by atoms with van der Waals surface area (Å²) < 4.78 is 13.4. The minimum absolute atomic E-state index is 0.114. The van der Waals surface area contributed by atoms with Gasteiger partial charge >= 0.3 is 0 Å². The molecule has 0 saturated carbocycles. The van der Waals surface area contributed by atoms with Gasteiger partial charge in [0.25, 0.3) is 5.91 Å². The molecule has 4 N–H and O–H groups in total. The Hall–Kier alpha value is -1.62. The summed E-state index contributed by atoms with van der Waals surface area (Å²) in [6, 6.07) is 3.12. The van der Waals surface area contributed by atoms with Gasteiger partial charge in [-0.25, -0.2) is 4.39 Å². The number of carbonyl (C=O) groups is 1. The lowest BCUT2D eigenvalue weighted by Crippen LogP contribution is -2.54. The number of benzene rings is 1. The molecule has 0 aliphatic rings. The Balaban J connectivity index is 2.91. The molecule has 0 aromatic heterocycles. The van der Waals surface area contributed by atoms with E-state index in [4.69, 9.17) is 10.8 Å². The van der Waals surface area contributed by atoms with Gasteiger partial charge in [0.2, 0.25) is 0 Å². The van der Waals surface area contributed by atoms with Crippen LogP contribution >= 0.6 is 0 Å². The summed E-state index contributed by atoms with van der Waals surface area (Å²) in [7, 11) is 0. The van der Waals surface area contributed by atoms with E-state index in [0.29, 0.717) is 0 Å². The minimum atomic E-state index is -0.761. The van der Waals surface area contributed by atoms with Gasteiger partial charge in [0.05, 0.1) is 5.56 Å². The van der Waals surface area contributed by atoms with Crippen molar-refractivity contribution in [2.24, 2.45) is 5.73 Å². The number of hydrogen-bond acceptors (Lipinski definition) is 3. The highest BCUT2D eigenvalue weighted by Crippen LogP contribution is 2.16. The maximum absolute atomic E-state index is 13.4. The molecule has 1 unspecified atom stereocenters. The summed E-state index contributed by atoms with van der Waals surface area (Å²) in [5.74, 6) is -1.53. The summed E-state index contributed by atoms with van der Waals surface area (Å²) in [5.41, 5.74) is 4.96. The van der Waals surface area contributed by atoms with Crippen molar-refractivity contribution in [1.82, 2.24) is 5.32 Å². The highest BCUT2D eigenvalue weighted by atomic mass is 19.1. The number of amides is 1. The van der Waals surface area contributed by atoms with Gasteiger partial charge in [-0.2, -0.15) is 0 Å². The fourth-order valence-corrected chi connectivity index (χ4v) is 1.16. The molecular weight excluding hydrogens is 223 g/mol.